The van der Waals surface area contributed by atoms with Crippen LogP contribution in [0.15, 0.2) is 61.3 Å². The lowest BCUT2D eigenvalue weighted by Crippen LogP contribution is -2.46. The van der Waals surface area contributed by atoms with Gasteiger partial charge >= 0.3 is 11.9 Å². The number of carbonyl (C=O) groups excluding carboxylic acids is 2. The normalized spacial score (nSPS) is 35.8. The van der Waals surface area contributed by atoms with Crippen molar-refractivity contribution in [1.82, 2.24) is 0 Å². The molecule has 0 amide bonds. The van der Waals surface area contributed by atoms with Gasteiger partial charge < -0.3 is 24.1 Å². The summed E-state index contributed by atoms with van der Waals surface area (Å²) in [5.74, 6) is -0.0289. The van der Waals surface area contributed by atoms with E-state index in [0.717, 1.165) is 12.8 Å². The quantitative estimate of drug-likeness (QED) is 0.141. The van der Waals surface area contributed by atoms with Crippen LogP contribution in [0.2, 0.25) is 0 Å². The van der Waals surface area contributed by atoms with Gasteiger partial charge in [-0.25, -0.2) is 4.79 Å². The minimum absolute atomic E-state index is 0.0282. The van der Waals surface area contributed by atoms with Crippen LogP contribution >= 0.6 is 0 Å². The average molecular weight is 653 g/mol. The molecule has 1 fully saturated rings. The van der Waals surface area contributed by atoms with E-state index in [0.29, 0.717) is 12.8 Å². The van der Waals surface area contributed by atoms with Crippen molar-refractivity contribution in [2.75, 3.05) is 0 Å². The Kier molecular flexibility index (Phi) is 16.4. The first kappa shape index (κ1) is 40.3. The molecule has 2 aliphatic rings. The Morgan fingerprint density at radius 3 is 2.43 bits per heavy atom. The Balaban J connectivity index is 2.45. The minimum atomic E-state index is -0.791. The van der Waals surface area contributed by atoms with E-state index in [-0.39, 0.29) is 47.7 Å². The molecule has 0 spiro atoms. The van der Waals surface area contributed by atoms with Crippen molar-refractivity contribution in [3.8, 4) is 12.3 Å². The summed E-state index contributed by atoms with van der Waals surface area (Å²) in [5, 5.41) is 11.3. The first-order valence-corrected chi connectivity index (χ1v) is 17.3. The van der Waals surface area contributed by atoms with Gasteiger partial charge in [-0.1, -0.05) is 103 Å². The number of cyclic esters (lactones) is 1. The lowest BCUT2D eigenvalue weighted by Gasteiger charge is -2.41. The van der Waals surface area contributed by atoms with Crippen LogP contribution in [0, 0.1) is 53.8 Å². The second kappa shape index (κ2) is 19.2. The Bertz CT molecular complexity index is 1170. The number of aliphatic hydroxyl groups excluding tert-OH is 1. The number of ether oxygens (including phenoxy) is 4. The summed E-state index contributed by atoms with van der Waals surface area (Å²) >= 11 is 0. The lowest BCUT2D eigenvalue weighted by molar-refractivity contribution is -0.295. The van der Waals surface area contributed by atoms with Gasteiger partial charge in [0.05, 0.1) is 18.3 Å². The first-order chi connectivity index (χ1) is 22.1. The highest BCUT2D eigenvalue weighted by Gasteiger charge is 2.37. The van der Waals surface area contributed by atoms with Gasteiger partial charge in [-0.05, 0) is 51.9 Å². The third-order valence-corrected chi connectivity index (χ3v) is 9.42. The first-order valence-electron chi connectivity index (χ1n) is 17.3. The number of aliphatic hydroxyl groups is 1. The standard InChI is InChI=1S/C40H60O7/c1-12-14-17-29(6)38-32(9)34(41)23-20-26(3)24-31(8)37(45-39(43)27(4)13-2)30(7)21-22-33-25-35(47-40(10,11)46-33)28(5)18-15-16-19-36(42)44-38/h2,12,14-19,21-22,26-35,37-38,41H,1,20,23-25H2,3-11H3. The summed E-state index contributed by atoms with van der Waals surface area (Å²) in [6, 6.07) is 0. The van der Waals surface area contributed by atoms with Crippen LogP contribution in [0.3, 0.4) is 0 Å². The molecule has 47 heavy (non-hydrogen) atoms. The average Bonchev–Trinajstić information content (AvgIpc) is 3.02. The maximum atomic E-state index is 12.9. The van der Waals surface area contributed by atoms with Gasteiger partial charge in [0.2, 0.25) is 0 Å². The van der Waals surface area contributed by atoms with Crippen molar-refractivity contribution < 1.29 is 33.6 Å². The second-order valence-corrected chi connectivity index (χ2v) is 14.3. The summed E-state index contributed by atoms with van der Waals surface area (Å²) in [7, 11) is 0. The van der Waals surface area contributed by atoms with Crippen LogP contribution in [0.1, 0.15) is 88.0 Å². The predicted molar refractivity (Wildman–Crippen MR) is 188 cm³/mol. The molecule has 1 N–H and O–H groups in total. The molecule has 2 rings (SSSR count). The van der Waals surface area contributed by atoms with Gasteiger partial charge in [0.1, 0.15) is 18.1 Å². The zero-order chi connectivity index (χ0) is 35.3. The number of allylic oxidation sites excluding steroid dienone is 4. The molecule has 2 aliphatic heterocycles. The van der Waals surface area contributed by atoms with Crippen molar-refractivity contribution in [1.29, 1.82) is 0 Å². The van der Waals surface area contributed by atoms with Crippen molar-refractivity contribution in [3.05, 3.63) is 61.3 Å². The lowest BCUT2D eigenvalue weighted by atomic mass is 9.82. The van der Waals surface area contributed by atoms with E-state index in [1.165, 1.54) is 6.08 Å². The van der Waals surface area contributed by atoms with Crippen LogP contribution in [0.25, 0.3) is 0 Å². The molecule has 7 nitrogen and oxygen atoms in total. The monoisotopic (exact) mass is 652 g/mol. The van der Waals surface area contributed by atoms with Crippen LogP contribution in [0.5, 0.6) is 0 Å². The van der Waals surface area contributed by atoms with Gasteiger partial charge in [-0.3, -0.25) is 4.79 Å². The fraction of sp³-hybridized carbons (Fsp3) is 0.650. The number of hydrogen-bond donors (Lipinski definition) is 1. The molecule has 7 heteroatoms. The number of rotatable bonds is 5. The molecule has 262 valence electrons. The number of esters is 2. The highest BCUT2D eigenvalue weighted by molar-refractivity contribution is 5.82. The van der Waals surface area contributed by atoms with E-state index in [2.05, 4.69) is 52.3 Å². The minimum Gasteiger partial charge on any atom is -0.461 e. The number of terminal acetylenes is 1. The van der Waals surface area contributed by atoms with E-state index >= 15 is 0 Å². The fourth-order valence-electron chi connectivity index (χ4n) is 6.53. The molecule has 0 aromatic carbocycles. The van der Waals surface area contributed by atoms with Gasteiger partial charge in [0.15, 0.2) is 5.79 Å². The molecule has 0 radical (unpaired) electrons. The zero-order valence-corrected chi connectivity index (χ0v) is 30.1. The summed E-state index contributed by atoms with van der Waals surface area (Å²) in [6.45, 7) is 21.5. The predicted octanol–water partition coefficient (Wildman–Crippen LogP) is 7.76. The van der Waals surface area contributed by atoms with Crippen molar-refractivity contribution >= 4 is 11.9 Å². The van der Waals surface area contributed by atoms with E-state index in [9.17, 15) is 14.7 Å². The topological polar surface area (TPSA) is 91.3 Å². The Morgan fingerprint density at radius 1 is 1.06 bits per heavy atom. The van der Waals surface area contributed by atoms with Gasteiger partial charge in [-0.2, -0.15) is 0 Å². The molecule has 0 aliphatic carbocycles. The molecule has 0 aromatic rings. The molecule has 12 atom stereocenters. The number of hydrogen-bond acceptors (Lipinski definition) is 7. The third kappa shape index (κ3) is 13.2. The van der Waals surface area contributed by atoms with Gasteiger partial charge in [0.25, 0.3) is 0 Å². The number of fused-ring (bicyclic) bond motifs is 2. The maximum absolute atomic E-state index is 12.9. The molecule has 2 bridgehead atoms. The molecular weight excluding hydrogens is 592 g/mol. The fourth-order valence-corrected chi connectivity index (χ4v) is 6.53. The molecule has 0 aromatic heterocycles. The van der Waals surface area contributed by atoms with Crippen molar-refractivity contribution in [2.24, 2.45) is 41.4 Å². The molecule has 2 heterocycles. The van der Waals surface area contributed by atoms with E-state index in [1.54, 1.807) is 19.1 Å². The SMILES string of the molecule is C#CC(C)C(=O)OC1C(C)C=CC2CC(OC(C)(C)O2)C(C)C=CC=CC(=O)OC(C(C)C=CC=C)C(C)C(O)CCC(C)CC1C. The van der Waals surface area contributed by atoms with E-state index in [1.807, 2.05) is 52.0 Å². The van der Waals surface area contributed by atoms with Crippen molar-refractivity contribution in [2.45, 2.75) is 124 Å². The van der Waals surface area contributed by atoms with Crippen molar-refractivity contribution in [3.63, 3.8) is 0 Å². The highest BCUT2D eigenvalue weighted by atomic mass is 16.7. The largest absolute Gasteiger partial charge is 0.461 e. The maximum Gasteiger partial charge on any atom is 0.331 e. The van der Waals surface area contributed by atoms with E-state index < -0.39 is 42.0 Å². The van der Waals surface area contributed by atoms with Gasteiger partial charge in [0, 0.05) is 36.2 Å². The summed E-state index contributed by atoms with van der Waals surface area (Å²) < 4.78 is 24.6. The third-order valence-electron chi connectivity index (χ3n) is 9.42. The summed E-state index contributed by atoms with van der Waals surface area (Å²) in [6.07, 6.45) is 22.9. The second-order valence-electron chi connectivity index (χ2n) is 14.3. The smallest absolute Gasteiger partial charge is 0.331 e. The summed E-state index contributed by atoms with van der Waals surface area (Å²) in [4.78, 5) is 25.8. The van der Waals surface area contributed by atoms with Crippen LogP contribution < -0.4 is 0 Å². The van der Waals surface area contributed by atoms with E-state index in [4.69, 9.17) is 25.4 Å². The molecule has 1 saturated heterocycles. The molecule has 0 saturated carbocycles. The van der Waals surface area contributed by atoms with Crippen LogP contribution in [-0.4, -0.2) is 53.4 Å². The van der Waals surface area contributed by atoms with Gasteiger partial charge in [-0.15, -0.1) is 6.42 Å². The highest BCUT2D eigenvalue weighted by Crippen LogP contribution is 2.33. The number of carbonyl (C=O) groups is 2. The van der Waals surface area contributed by atoms with Crippen LogP contribution in [0.4, 0.5) is 0 Å². The Hall–Kier alpha value is -2.92. The van der Waals surface area contributed by atoms with Crippen LogP contribution in [-0.2, 0) is 28.5 Å². The summed E-state index contributed by atoms with van der Waals surface area (Å²) in [5.41, 5.74) is 0. The zero-order valence-electron chi connectivity index (χ0n) is 30.1. The molecule has 12 unspecified atom stereocenters. The Labute approximate surface area is 284 Å². The molecular formula is C40H60O7. The Morgan fingerprint density at radius 2 is 1.77 bits per heavy atom.